The number of amides is 2. The minimum absolute atomic E-state index is 0.0794. The van der Waals surface area contributed by atoms with Gasteiger partial charge in [0.15, 0.2) is 0 Å². The zero-order valence-electron chi connectivity index (χ0n) is 13.4. The summed E-state index contributed by atoms with van der Waals surface area (Å²) in [5, 5.41) is 2.93. The van der Waals surface area contributed by atoms with Crippen molar-refractivity contribution in [2.75, 3.05) is 53.0 Å². The molecular formula is C15H29N3O3. The van der Waals surface area contributed by atoms with E-state index < -0.39 is 0 Å². The fourth-order valence-corrected chi connectivity index (χ4v) is 2.44. The smallest absolute Gasteiger partial charge is 0.248 e. The van der Waals surface area contributed by atoms with Gasteiger partial charge in [0.2, 0.25) is 11.8 Å². The first-order valence-electron chi connectivity index (χ1n) is 7.93. The molecule has 0 radical (unpaired) electrons. The third-order valence-corrected chi connectivity index (χ3v) is 3.69. The van der Waals surface area contributed by atoms with Crippen LogP contribution in [0, 0.1) is 0 Å². The van der Waals surface area contributed by atoms with Crippen LogP contribution in [0.25, 0.3) is 0 Å². The normalized spacial score (nSPS) is 16.0. The predicted molar refractivity (Wildman–Crippen MR) is 82.0 cm³/mol. The molecule has 0 aromatic heterocycles. The number of unbranched alkanes of at least 4 members (excludes halogenated alkanes) is 1. The van der Waals surface area contributed by atoms with Gasteiger partial charge < -0.3 is 15.0 Å². The van der Waals surface area contributed by atoms with Gasteiger partial charge in [-0.05, 0) is 25.8 Å². The Bertz CT molecular complexity index is 315. The van der Waals surface area contributed by atoms with Gasteiger partial charge in [0.1, 0.15) is 6.61 Å². The molecule has 0 aromatic carbocycles. The molecule has 2 amide bonds. The van der Waals surface area contributed by atoms with E-state index in [1.165, 1.54) is 0 Å². The molecule has 0 aliphatic carbocycles. The summed E-state index contributed by atoms with van der Waals surface area (Å²) in [7, 11) is 1.55. The highest BCUT2D eigenvalue weighted by Crippen LogP contribution is 2.04. The lowest BCUT2D eigenvalue weighted by Gasteiger charge is -2.34. The highest BCUT2D eigenvalue weighted by molar-refractivity contribution is 5.77. The van der Waals surface area contributed by atoms with E-state index in [-0.39, 0.29) is 18.4 Å². The van der Waals surface area contributed by atoms with E-state index in [9.17, 15) is 9.59 Å². The summed E-state index contributed by atoms with van der Waals surface area (Å²) in [6, 6.07) is 0. The molecule has 0 bridgehead atoms. The topological polar surface area (TPSA) is 61.9 Å². The van der Waals surface area contributed by atoms with Gasteiger partial charge in [0.25, 0.3) is 0 Å². The number of piperazine rings is 1. The summed E-state index contributed by atoms with van der Waals surface area (Å²) >= 11 is 0. The summed E-state index contributed by atoms with van der Waals surface area (Å²) in [5.74, 6) is 0.235. The van der Waals surface area contributed by atoms with Gasteiger partial charge in [-0.2, -0.15) is 0 Å². The number of nitrogens with zero attached hydrogens (tertiary/aromatic N) is 2. The van der Waals surface area contributed by atoms with Crippen LogP contribution in [-0.4, -0.2) is 74.6 Å². The Hall–Kier alpha value is -1.14. The molecule has 1 fully saturated rings. The Labute approximate surface area is 127 Å². The van der Waals surface area contributed by atoms with Crippen LogP contribution in [0.2, 0.25) is 0 Å². The van der Waals surface area contributed by atoms with Gasteiger partial charge in [-0.3, -0.25) is 14.5 Å². The van der Waals surface area contributed by atoms with Crippen LogP contribution in [0.4, 0.5) is 0 Å². The summed E-state index contributed by atoms with van der Waals surface area (Å²) < 4.78 is 4.87. The first kappa shape index (κ1) is 17.9. The van der Waals surface area contributed by atoms with Crippen LogP contribution in [-0.2, 0) is 14.3 Å². The summed E-state index contributed by atoms with van der Waals surface area (Å²) in [6.45, 7) is 7.43. The Morgan fingerprint density at radius 1 is 1.14 bits per heavy atom. The molecule has 1 aliphatic rings. The van der Waals surface area contributed by atoms with E-state index in [1.807, 2.05) is 11.8 Å². The van der Waals surface area contributed by atoms with Gasteiger partial charge in [0.05, 0.1) is 0 Å². The molecule has 6 nitrogen and oxygen atoms in total. The SMILES string of the molecule is CCCC(=O)NCCCCN1CCN(C(=O)COC)CC1. The van der Waals surface area contributed by atoms with Crippen molar-refractivity contribution in [3.8, 4) is 0 Å². The molecule has 0 aromatic rings. The maximum atomic E-state index is 11.7. The molecule has 1 aliphatic heterocycles. The van der Waals surface area contributed by atoms with Gasteiger partial charge >= 0.3 is 0 Å². The molecule has 1 rings (SSSR count). The van der Waals surface area contributed by atoms with Crippen LogP contribution < -0.4 is 5.32 Å². The van der Waals surface area contributed by atoms with Crippen LogP contribution in [0.5, 0.6) is 0 Å². The Morgan fingerprint density at radius 3 is 2.48 bits per heavy atom. The van der Waals surface area contributed by atoms with Crippen molar-refractivity contribution >= 4 is 11.8 Å². The number of hydrogen-bond donors (Lipinski definition) is 1. The van der Waals surface area contributed by atoms with Crippen molar-refractivity contribution in [1.29, 1.82) is 0 Å². The van der Waals surface area contributed by atoms with Gasteiger partial charge in [-0.25, -0.2) is 0 Å². The summed E-state index contributed by atoms with van der Waals surface area (Å²) in [4.78, 5) is 27.2. The number of methoxy groups -OCH3 is 1. The van der Waals surface area contributed by atoms with Crippen molar-refractivity contribution in [3.63, 3.8) is 0 Å². The highest BCUT2D eigenvalue weighted by Gasteiger charge is 2.20. The van der Waals surface area contributed by atoms with Gasteiger partial charge in [0, 0.05) is 46.3 Å². The Kier molecular flexibility index (Phi) is 9.01. The number of carbonyl (C=O) groups excluding carboxylic acids is 2. The highest BCUT2D eigenvalue weighted by atomic mass is 16.5. The van der Waals surface area contributed by atoms with E-state index in [0.717, 1.165) is 58.5 Å². The second kappa shape index (κ2) is 10.6. The minimum atomic E-state index is 0.0794. The van der Waals surface area contributed by atoms with Crippen molar-refractivity contribution in [1.82, 2.24) is 15.1 Å². The van der Waals surface area contributed by atoms with E-state index in [0.29, 0.717) is 6.42 Å². The second-order valence-electron chi connectivity index (χ2n) is 5.46. The van der Waals surface area contributed by atoms with Crippen molar-refractivity contribution in [3.05, 3.63) is 0 Å². The minimum Gasteiger partial charge on any atom is -0.375 e. The van der Waals surface area contributed by atoms with E-state index in [1.54, 1.807) is 7.11 Å². The first-order valence-corrected chi connectivity index (χ1v) is 7.93. The molecule has 0 atom stereocenters. The number of carbonyl (C=O) groups is 2. The molecule has 122 valence electrons. The number of nitrogens with one attached hydrogen (secondary N) is 1. The Morgan fingerprint density at radius 2 is 1.86 bits per heavy atom. The van der Waals surface area contributed by atoms with Gasteiger partial charge in [-0.1, -0.05) is 6.92 Å². The molecule has 0 unspecified atom stereocenters. The molecule has 0 saturated carbocycles. The van der Waals surface area contributed by atoms with Gasteiger partial charge in [-0.15, -0.1) is 0 Å². The second-order valence-corrected chi connectivity index (χ2v) is 5.46. The molecule has 1 heterocycles. The lowest BCUT2D eigenvalue weighted by atomic mass is 10.2. The van der Waals surface area contributed by atoms with Crippen LogP contribution in [0.15, 0.2) is 0 Å². The van der Waals surface area contributed by atoms with E-state index >= 15 is 0 Å². The zero-order valence-corrected chi connectivity index (χ0v) is 13.4. The fourth-order valence-electron chi connectivity index (χ4n) is 2.44. The lowest BCUT2D eigenvalue weighted by molar-refractivity contribution is -0.136. The molecular weight excluding hydrogens is 270 g/mol. The lowest BCUT2D eigenvalue weighted by Crippen LogP contribution is -2.49. The average molecular weight is 299 g/mol. The summed E-state index contributed by atoms with van der Waals surface area (Å²) in [6.07, 6.45) is 3.62. The summed E-state index contributed by atoms with van der Waals surface area (Å²) in [5.41, 5.74) is 0. The molecule has 21 heavy (non-hydrogen) atoms. The average Bonchev–Trinajstić information content (AvgIpc) is 2.48. The maximum Gasteiger partial charge on any atom is 0.248 e. The van der Waals surface area contributed by atoms with Crippen molar-refractivity contribution in [2.45, 2.75) is 32.6 Å². The monoisotopic (exact) mass is 299 g/mol. The number of hydrogen-bond acceptors (Lipinski definition) is 4. The molecule has 6 heteroatoms. The predicted octanol–water partition coefficient (Wildman–Crippen LogP) is 0.474. The zero-order chi connectivity index (χ0) is 15.5. The standard InChI is InChI=1S/C15H29N3O3/c1-3-6-14(19)16-7-4-5-8-17-9-11-18(12-10-17)15(20)13-21-2/h3-13H2,1-2H3,(H,16,19). The number of ether oxygens (including phenoxy) is 1. The quantitative estimate of drug-likeness (QED) is 0.629. The van der Waals surface area contributed by atoms with Crippen LogP contribution in [0.3, 0.4) is 0 Å². The van der Waals surface area contributed by atoms with Crippen molar-refractivity contribution in [2.24, 2.45) is 0 Å². The molecule has 1 N–H and O–H groups in total. The maximum absolute atomic E-state index is 11.7. The Balaban J connectivity index is 2.03. The molecule has 1 saturated heterocycles. The third kappa shape index (κ3) is 7.43. The van der Waals surface area contributed by atoms with E-state index in [2.05, 4.69) is 10.2 Å². The molecule has 0 spiro atoms. The van der Waals surface area contributed by atoms with Crippen LogP contribution >= 0.6 is 0 Å². The third-order valence-electron chi connectivity index (χ3n) is 3.69. The number of rotatable bonds is 9. The van der Waals surface area contributed by atoms with Crippen molar-refractivity contribution < 1.29 is 14.3 Å². The van der Waals surface area contributed by atoms with E-state index in [4.69, 9.17) is 4.74 Å². The van der Waals surface area contributed by atoms with Crippen LogP contribution in [0.1, 0.15) is 32.6 Å². The fraction of sp³-hybridized carbons (Fsp3) is 0.867. The first-order chi connectivity index (χ1) is 10.2. The largest absolute Gasteiger partial charge is 0.375 e.